The predicted molar refractivity (Wildman–Crippen MR) is 89.3 cm³/mol. The van der Waals surface area contributed by atoms with Crippen molar-refractivity contribution in [3.05, 3.63) is 34.9 Å². The number of hydrogen-bond acceptors (Lipinski definition) is 3. The van der Waals surface area contributed by atoms with E-state index in [0.717, 1.165) is 12.1 Å². The molecule has 0 aliphatic carbocycles. The van der Waals surface area contributed by atoms with Crippen molar-refractivity contribution in [1.82, 2.24) is 9.80 Å². The molecular weight excluding hydrogens is 316 g/mol. The van der Waals surface area contributed by atoms with E-state index in [4.69, 9.17) is 16.7 Å². The standard InChI is InChI=1S/C17H23ClN2O3/c1-12(2)10-19-7-8-20(17(23)15(19)9-16(21)22)11-13-5-3-4-6-14(13)18/h3-6,12,15H,7-11H2,1-2H3,(H,21,22). The Balaban J connectivity index is 2.13. The molecule has 126 valence electrons. The Bertz CT molecular complexity index is 577. The number of nitrogens with zero attached hydrogens (tertiary/aromatic N) is 2. The van der Waals surface area contributed by atoms with Gasteiger partial charge in [-0.1, -0.05) is 43.6 Å². The van der Waals surface area contributed by atoms with Gasteiger partial charge in [0.05, 0.1) is 12.5 Å². The van der Waals surface area contributed by atoms with Gasteiger partial charge in [0.15, 0.2) is 0 Å². The molecule has 0 bridgehead atoms. The van der Waals surface area contributed by atoms with Crippen LogP contribution in [0.15, 0.2) is 24.3 Å². The minimum absolute atomic E-state index is 0.126. The van der Waals surface area contributed by atoms with Crippen LogP contribution in [0.3, 0.4) is 0 Å². The lowest BCUT2D eigenvalue weighted by atomic mass is 10.0. The molecule has 23 heavy (non-hydrogen) atoms. The number of halogens is 1. The quantitative estimate of drug-likeness (QED) is 0.865. The number of benzene rings is 1. The summed E-state index contributed by atoms with van der Waals surface area (Å²) in [6.45, 7) is 6.56. The van der Waals surface area contributed by atoms with E-state index in [9.17, 15) is 9.59 Å². The van der Waals surface area contributed by atoms with Crippen molar-refractivity contribution < 1.29 is 14.7 Å². The molecule has 1 amide bonds. The first-order valence-electron chi connectivity index (χ1n) is 7.86. The van der Waals surface area contributed by atoms with Gasteiger partial charge in [0.1, 0.15) is 0 Å². The fourth-order valence-electron chi connectivity index (χ4n) is 2.94. The van der Waals surface area contributed by atoms with Crippen LogP contribution in [-0.4, -0.2) is 52.5 Å². The molecule has 1 fully saturated rings. The number of carboxylic acids is 1. The summed E-state index contributed by atoms with van der Waals surface area (Å²) in [5.41, 5.74) is 0.883. The van der Waals surface area contributed by atoms with E-state index >= 15 is 0 Å². The molecule has 1 aliphatic heterocycles. The minimum atomic E-state index is -0.948. The second-order valence-electron chi connectivity index (χ2n) is 6.35. The van der Waals surface area contributed by atoms with Crippen LogP contribution in [0, 0.1) is 5.92 Å². The largest absolute Gasteiger partial charge is 0.481 e. The monoisotopic (exact) mass is 338 g/mol. The first-order valence-corrected chi connectivity index (χ1v) is 8.24. The average Bonchev–Trinajstić information content (AvgIpc) is 2.47. The smallest absolute Gasteiger partial charge is 0.305 e. The molecule has 1 heterocycles. The highest BCUT2D eigenvalue weighted by Crippen LogP contribution is 2.22. The van der Waals surface area contributed by atoms with Crippen molar-refractivity contribution in [2.24, 2.45) is 5.92 Å². The molecule has 0 saturated carbocycles. The summed E-state index contributed by atoms with van der Waals surface area (Å²) in [7, 11) is 0. The van der Waals surface area contributed by atoms with Crippen molar-refractivity contribution >= 4 is 23.5 Å². The van der Waals surface area contributed by atoms with Crippen LogP contribution in [-0.2, 0) is 16.1 Å². The Morgan fingerprint density at radius 1 is 1.35 bits per heavy atom. The molecule has 1 aromatic carbocycles. The molecule has 6 heteroatoms. The first-order chi connectivity index (χ1) is 10.9. The second kappa shape index (κ2) is 7.79. The normalized spacial score (nSPS) is 19.4. The summed E-state index contributed by atoms with van der Waals surface area (Å²) in [6.07, 6.45) is -0.162. The minimum Gasteiger partial charge on any atom is -0.481 e. The number of carbonyl (C=O) groups is 2. The maximum atomic E-state index is 12.7. The van der Waals surface area contributed by atoms with Crippen molar-refractivity contribution in [2.75, 3.05) is 19.6 Å². The van der Waals surface area contributed by atoms with E-state index in [-0.39, 0.29) is 12.3 Å². The summed E-state index contributed by atoms with van der Waals surface area (Å²) in [6, 6.07) is 6.83. The lowest BCUT2D eigenvalue weighted by molar-refractivity contribution is -0.150. The summed E-state index contributed by atoms with van der Waals surface area (Å²) < 4.78 is 0. The Labute approximate surface area is 141 Å². The molecule has 1 saturated heterocycles. The highest BCUT2D eigenvalue weighted by Gasteiger charge is 2.36. The van der Waals surface area contributed by atoms with Crippen molar-refractivity contribution in [1.29, 1.82) is 0 Å². The third-order valence-electron chi connectivity index (χ3n) is 3.98. The van der Waals surface area contributed by atoms with E-state index in [0.29, 0.717) is 30.6 Å². The zero-order valence-electron chi connectivity index (χ0n) is 13.5. The SMILES string of the molecule is CC(C)CN1CCN(Cc2ccccc2Cl)C(=O)C1CC(=O)O. The first kappa shape index (κ1) is 17.8. The molecule has 1 N–H and O–H groups in total. The summed E-state index contributed by atoms with van der Waals surface area (Å²) in [5.74, 6) is -0.690. The van der Waals surface area contributed by atoms with Crippen LogP contribution in [0.25, 0.3) is 0 Å². The maximum absolute atomic E-state index is 12.7. The number of amides is 1. The number of hydrogen-bond donors (Lipinski definition) is 1. The Morgan fingerprint density at radius 3 is 2.65 bits per heavy atom. The van der Waals surface area contributed by atoms with Crippen molar-refractivity contribution in [3.63, 3.8) is 0 Å². The van der Waals surface area contributed by atoms with Gasteiger partial charge < -0.3 is 10.0 Å². The third kappa shape index (κ3) is 4.69. The Hall–Kier alpha value is -1.59. The lowest BCUT2D eigenvalue weighted by Gasteiger charge is -2.41. The van der Waals surface area contributed by atoms with Gasteiger partial charge in [0.25, 0.3) is 0 Å². The molecule has 0 spiro atoms. The van der Waals surface area contributed by atoms with Crippen molar-refractivity contribution in [3.8, 4) is 0 Å². The molecule has 1 aromatic rings. The van der Waals surface area contributed by atoms with Gasteiger partial charge in [-0.3, -0.25) is 14.5 Å². The van der Waals surface area contributed by atoms with E-state index in [1.54, 1.807) is 11.0 Å². The van der Waals surface area contributed by atoms with Crippen molar-refractivity contribution in [2.45, 2.75) is 32.9 Å². The molecule has 1 unspecified atom stereocenters. The Kier molecular flexibility index (Phi) is 6.02. The molecule has 5 nitrogen and oxygen atoms in total. The van der Waals surface area contributed by atoms with E-state index in [2.05, 4.69) is 13.8 Å². The number of piperazine rings is 1. The van der Waals surface area contributed by atoms with Crippen LogP contribution in [0.5, 0.6) is 0 Å². The number of carboxylic acid groups (broad SMARTS) is 1. The lowest BCUT2D eigenvalue weighted by Crippen LogP contribution is -2.57. The Morgan fingerprint density at radius 2 is 2.04 bits per heavy atom. The average molecular weight is 339 g/mol. The zero-order valence-corrected chi connectivity index (χ0v) is 14.3. The number of rotatable bonds is 6. The molecule has 2 rings (SSSR count). The van der Waals surface area contributed by atoms with Gasteiger partial charge in [-0.05, 0) is 17.5 Å². The molecule has 0 aromatic heterocycles. The van der Waals surface area contributed by atoms with E-state index in [1.165, 1.54) is 0 Å². The van der Waals surface area contributed by atoms with Gasteiger partial charge in [-0.2, -0.15) is 0 Å². The summed E-state index contributed by atoms with van der Waals surface area (Å²) >= 11 is 6.17. The van der Waals surface area contributed by atoms with Crippen LogP contribution >= 0.6 is 11.6 Å². The van der Waals surface area contributed by atoms with Gasteiger partial charge in [0, 0.05) is 31.2 Å². The molecular formula is C17H23ClN2O3. The fraction of sp³-hybridized carbons (Fsp3) is 0.529. The van der Waals surface area contributed by atoms with E-state index < -0.39 is 12.0 Å². The second-order valence-corrected chi connectivity index (χ2v) is 6.76. The van der Waals surface area contributed by atoms with Gasteiger partial charge in [0.2, 0.25) is 5.91 Å². The zero-order chi connectivity index (χ0) is 17.0. The number of aliphatic carboxylic acids is 1. The van der Waals surface area contributed by atoms with Crippen LogP contribution in [0.4, 0.5) is 0 Å². The van der Waals surface area contributed by atoms with Crippen LogP contribution in [0.1, 0.15) is 25.8 Å². The van der Waals surface area contributed by atoms with E-state index in [1.807, 2.05) is 23.1 Å². The van der Waals surface area contributed by atoms with Gasteiger partial charge >= 0.3 is 5.97 Å². The molecule has 0 radical (unpaired) electrons. The van der Waals surface area contributed by atoms with Crippen LogP contribution < -0.4 is 0 Å². The molecule has 1 atom stereocenters. The van der Waals surface area contributed by atoms with Crippen LogP contribution in [0.2, 0.25) is 5.02 Å². The molecule has 1 aliphatic rings. The highest BCUT2D eigenvalue weighted by atomic mass is 35.5. The number of carbonyl (C=O) groups excluding carboxylic acids is 1. The summed E-state index contributed by atoms with van der Waals surface area (Å²) in [4.78, 5) is 27.6. The predicted octanol–water partition coefficient (Wildman–Crippen LogP) is 2.48. The highest BCUT2D eigenvalue weighted by molar-refractivity contribution is 6.31. The fourth-order valence-corrected chi connectivity index (χ4v) is 3.14. The topological polar surface area (TPSA) is 60.9 Å². The summed E-state index contributed by atoms with van der Waals surface area (Å²) in [5, 5.41) is 9.76. The third-order valence-corrected chi connectivity index (χ3v) is 4.35. The van der Waals surface area contributed by atoms with Gasteiger partial charge in [-0.25, -0.2) is 0 Å². The maximum Gasteiger partial charge on any atom is 0.305 e. The van der Waals surface area contributed by atoms with Gasteiger partial charge in [-0.15, -0.1) is 0 Å².